The van der Waals surface area contributed by atoms with Gasteiger partial charge in [0.15, 0.2) is 0 Å². The van der Waals surface area contributed by atoms with E-state index >= 15 is 0 Å². The summed E-state index contributed by atoms with van der Waals surface area (Å²) in [7, 11) is -1.62. The van der Waals surface area contributed by atoms with E-state index in [4.69, 9.17) is 4.74 Å². The molecule has 1 fully saturated rings. The summed E-state index contributed by atoms with van der Waals surface area (Å²) >= 11 is 0. The lowest BCUT2D eigenvalue weighted by Gasteiger charge is -2.36. The van der Waals surface area contributed by atoms with Gasteiger partial charge in [0.25, 0.3) is 0 Å². The van der Waals surface area contributed by atoms with Crippen molar-refractivity contribution >= 4 is 25.8 Å². The molecule has 1 aliphatic heterocycles. The van der Waals surface area contributed by atoms with Crippen LogP contribution in [0.2, 0.25) is 19.6 Å². The Morgan fingerprint density at radius 1 is 0.949 bits per heavy atom. The summed E-state index contributed by atoms with van der Waals surface area (Å²) in [6.45, 7) is 10.8. The van der Waals surface area contributed by atoms with E-state index < -0.39 is 14.0 Å². The summed E-state index contributed by atoms with van der Waals surface area (Å²) in [5.41, 5.74) is 10.7. The maximum atomic E-state index is 13.0. The molecule has 0 bridgehead atoms. The van der Waals surface area contributed by atoms with Crippen LogP contribution in [0.25, 0.3) is 11.1 Å². The van der Waals surface area contributed by atoms with E-state index in [2.05, 4.69) is 60.3 Å². The van der Waals surface area contributed by atoms with E-state index in [0.29, 0.717) is 38.3 Å². The third-order valence-corrected chi connectivity index (χ3v) is 8.31. The van der Waals surface area contributed by atoms with Crippen LogP contribution in [0.3, 0.4) is 0 Å². The lowest BCUT2D eigenvalue weighted by molar-refractivity contribution is 0.0696. The number of ether oxygens (including phenoxy) is 1. The molecular weight excluding hydrogens is 504 g/mol. The van der Waals surface area contributed by atoms with Crippen molar-refractivity contribution in [2.75, 3.05) is 37.7 Å². The molecule has 0 spiro atoms. The first-order valence-electron chi connectivity index (χ1n) is 13.4. The van der Waals surface area contributed by atoms with Crippen LogP contribution in [0, 0.1) is 18.4 Å². The number of nitrogens with zero attached hydrogens (tertiary/aromatic N) is 2. The third-order valence-electron chi connectivity index (χ3n) is 7.43. The number of carboxylic acid groups (broad SMARTS) is 1. The minimum Gasteiger partial charge on any atom is -0.478 e. The van der Waals surface area contributed by atoms with Crippen molar-refractivity contribution in [3.05, 3.63) is 88.5 Å². The first-order valence-corrected chi connectivity index (χ1v) is 16.9. The van der Waals surface area contributed by atoms with Gasteiger partial charge in [-0.15, -0.1) is 5.54 Å². The monoisotopic (exact) mass is 538 g/mol. The number of carboxylic acids is 1. The van der Waals surface area contributed by atoms with Gasteiger partial charge in [-0.2, -0.15) is 0 Å². The third kappa shape index (κ3) is 5.57. The molecule has 3 aromatic carbocycles. The molecule has 1 aliphatic carbocycles. The van der Waals surface area contributed by atoms with Gasteiger partial charge in [-0.3, -0.25) is 0 Å². The molecule has 1 N–H and O–H groups in total. The number of carbonyl (C=O) groups excluding carboxylic acids is 1. The zero-order chi connectivity index (χ0) is 27.7. The molecule has 1 amide bonds. The molecule has 0 atom stereocenters. The highest BCUT2D eigenvalue weighted by Crippen LogP contribution is 2.44. The molecule has 6 nitrogen and oxygen atoms in total. The van der Waals surface area contributed by atoms with E-state index in [1.54, 1.807) is 11.0 Å². The van der Waals surface area contributed by atoms with Crippen LogP contribution in [-0.4, -0.2) is 62.9 Å². The molecule has 3 aromatic rings. The van der Waals surface area contributed by atoms with E-state index in [1.807, 2.05) is 37.3 Å². The number of benzene rings is 3. The zero-order valence-corrected chi connectivity index (χ0v) is 24.0. The van der Waals surface area contributed by atoms with Gasteiger partial charge in [-0.25, -0.2) is 9.59 Å². The lowest BCUT2D eigenvalue weighted by atomic mass is 9.98. The van der Waals surface area contributed by atoms with Crippen molar-refractivity contribution in [1.82, 2.24) is 4.90 Å². The van der Waals surface area contributed by atoms with Crippen LogP contribution in [0.1, 0.15) is 38.5 Å². The molecule has 1 heterocycles. The van der Waals surface area contributed by atoms with Crippen molar-refractivity contribution in [3.8, 4) is 22.6 Å². The Bertz CT molecular complexity index is 1440. The average molecular weight is 539 g/mol. The van der Waals surface area contributed by atoms with Gasteiger partial charge in [-0.05, 0) is 46.9 Å². The molecule has 2 aliphatic rings. The Hall–Kier alpha value is -4.02. The number of amides is 1. The van der Waals surface area contributed by atoms with E-state index in [1.165, 1.54) is 22.3 Å². The Morgan fingerprint density at radius 3 is 2.10 bits per heavy atom. The first-order chi connectivity index (χ1) is 18.6. The number of anilines is 1. The Labute approximate surface area is 231 Å². The normalized spacial score (nSPS) is 14.8. The Balaban J connectivity index is 1.26. The predicted molar refractivity (Wildman–Crippen MR) is 157 cm³/mol. The van der Waals surface area contributed by atoms with Crippen molar-refractivity contribution in [2.24, 2.45) is 0 Å². The zero-order valence-electron chi connectivity index (χ0n) is 23.0. The quantitative estimate of drug-likeness (QED) is 0.326. The minimum atomic E-state index is -1.62. The number of rotatable bonds is 4. The van der Waals surface area contributed by atoms with Crippen LogP contribution >= 0.6 is 0 Å². The molecule has 200 valence electrons. The summed E-state index contributed by atoms with van der Waals surface area (Å²) in [5, 5.41) is 9.80. The summed E-state index contributed by atoms with van der Waals surface area (Å²) in [5.74, 6) is 2.32. The van der Waals surface area contributed by atoms with Crippen molar-refractivity contribution in [3.63, 3.8) is 0 Å². The van der Waals surface area contributed by atoms with Crippen LogP contribution in [0.5, 0.6) is 0 Å². The Morgan fingerprint density at radius 2 is 1.54 bits per heavy atom. The summed E-state index contributed by atoms with van der Waals surface area (Å²) in [6, 6.07) is 20.3. The second-order valence-corrected chi connectivity index (χ2v) is 16.0. The largest absolute Gasteiger partial charge is 0.478 e. The van der Waals surface area contributed by atoms with Gasteiger partial charge in [0.05, 0.1) is 5.56 Å². The minimum absolute atomic E-state index is 0.0281. The molecule has 7 heteroatoms. The average Bonchev–Trinajstić information content (AvgIpc) is 3.24. The number of fused-ring (bicyclic) bond motifs is 3. The van der Waals surface area contributed by atoms with Gasteiger partial charge in [0, 0.05) is 43.3 Å². The number of hydrogen-bond acceptors (Lipinski definition) is 4. The van der Waals surface area contributed by atoms with Gasteiger partial charge in [-0.1, -0.05) is 74.1 Å². The number of carbonyl (C=O) groups is 2. The van der Waals surface area contributed by atoms with Crippen LogP contribution in [0.15, 0.2) is 60.7 Å². The fourth-order valence-electron chi connectivity index (χ4n) is 5.32. The van der Waals surface area contributed by atoms with Crippen molar-refractivity contribution < 1.29 is 19.4 Å². The van der Waals surface area contributed by atoms with Gasteiger partial charge >= 0.3 is 12.1 Å². The summed E-state index contributed by atoms with van der Waals surface area (Å²) < 4.78 is 5.85. The highest BCUT2D eigenvalue weighted by Gasteiger charge is 2.30. The lowest BCUT2D eigenvalue weighted by Crippen LogP contribution is -2.49. The highest BCUT2D eigenvalue weighted by atomic mass is 28.3. The fraction of sp³-hybridized carbons (Fsp3) is 0.312. The number of aromatic carboxylic acids is 1. The second-order valence-electron chi connectivity index (χ2n) is 11.2. The van der Waals surface area contributed by atoms with E-state index in [0.717, 1.165) is 11.3 Å². The standard InChI is InChI=1S/C32H34N2O4Si/c1-22-23(13-18-39(2,3)4)19-24(20-29(22)31(35)36)33-14-16-34(17-15-33)32(37)38-21-30-27-11-7-5-9-25(27)26-10-6-8-12-28(26)30/h5-12,19-20,30H,14-17,21H2,1-4H3,(H,35,36). The van der Waals surface area contributed by atoms with Gasteiger partial charge < -0.3 is 19.6 Å². The maximum absolute atomic E-state index is 13.0. The SMILES string of the molecule is Cc1c(C#C[Si](C)(C)C)cc(N2CCN(C(=O)OCC3c4ccccc4-c4ccccc43)CC2)cc1C(=O)O. The smallest absolute Gasteiger partial charge is 0.409 e. The van der Waals surface area contributed by atoms with Crippen LogP contribution in [-0.2, 0) is 4.74 Å². The predicted octanol–water partition coefficient (Wildman–Crippen LogP) is 5.99. The molecular formula is C32H34N2O4Si. The van der Waals surface area contributed by atoms with E-state index in [9.17, 15) is 14.7 Å². The first kappa shape index (κ1) is 26.6. The Kier molecular flexibility index (Phi) is 7.24. The molecule has 39 heavy (non-hydrogen) atoms. The van der Waals surface area contributed by atoms with Crippen LogP contribution in [0.4, 0.5) is 10.5 Å². The summed E-state index contributed by atoms with van der Waals surface area (Å²) in [6.07, 6.45) is -0.312. The highest BCUT2D eigenvalue weighted by molar-refractivity contribution is 6.83. The van der Waals surface area contributed by atoms with Gasteiger partial charge in [0.2, 0.25) is 0 Å². The van der Waals surface area contributed by atoms with Gasteiger partial charge in [0.1, 0.15) is 14.7 Å². The molecule has 1 saturated heterocycles. The number of hydrogen-bond donors (Lipinski definition) is 1. The van der Waals surface area contributed by atoms with Crippen molar-refractivity contribution in [2.45, 2.75) is 32.5 Å². The topological polar surface area (TPSA) is 70.1 Å². The maximum Gasteiger partial charge on any atom is 0.409 e. The summed E-state index contributed by atoms with van der Waals surface area (Å²) in [4.78, 5) is 28.9. The molecule has 0 aromatic heterocycles. The second kappa shape index (κ2) is 10.6. The molecule has 0 radical (unpaired) electrons. The molecule has 5 rings (SSSR count). The van der Waals surface area contributed by atoms with Crippen LogP contribution < -0.4 is 4.90 Å². The fourth-order valence-corrected chi connectivity index (χ4v) is 5.83. The van der Waals surface area contributed by atoms with E-state index in [-0.39, 0.29) is 17.6 Å². The molecule has 0 saturated carbocycles. The molecule has 0 unspecified atom stereocenters. The number of piperazine rings is 1. The van der Waals surface area contributed by atoms with Crippen molar-refractivity contribution in [1.29, 1.82) is 0 Å².